The summed E-state index contributed by atoms with van der Waals surface area (Å²) in [5.74, 6) is 0.0474. The number of carbonyl (C=O) groups excluding carboxylic acids is 1. The van der Waals surface area contributed by atoms with Crippen LogP contribution < -0.4 is 4.90 Å². The third-order valence-corrected chi connectivity index (χ3v) is 4.26. The first-order valence-electron chi connectivity index (χ1n) is 9.45. The Morgan fingerprint density at radius 2 is 1.79 bits per heavy atom. The van der Waals surface area contributed by atoms with Crippen molar-refractivity contribution in [3.8, 4) is 0 Å². The lowest BCUT2D eigenvalue weighted by Gasteiger charge is -2.22. The number of azo groups is 1. The number of carbonyl (C=O) groups is 1. The van der Waals surface area contributed by atoms with Crippen molar-refractivity contribution in [2.24, 2.45) is 20.3 Å². The van der Waals surface area contributed by atoms with Crippen LogP contribution >= 0.6 is 0 Å². The molecule has 8 heteroatoms. The van der Waals surface area contributed by atoms with Gasteiger partial charge in [-0.15, -0.1) is 10.2 Å². The largest absolute Gasteiger partial charge is 0.460 e. The first-order chi connectivity index (χ1) is 14.0. The second-order valence-electron chi connectivity index (χ2n) is 6.92. The number of benzene rings is 2. The maximum absolute atomic E-state index is 12.0. The summed E-state index contributed by atoms with van der Waals surface area (Å²) in [5, 5.41) is 12.5. The molecule has 8 nitrogen and oxygen atoms in total. The average molecular weight is 393 g/mol. The first-order valence-corrected chi connectivity index (χ1v) is 9.45. The number of guanidine groups is 1. The summed E-state index contributed by atoms with van der Waals surface area (Å²) in [6.07, 6.45) is 1.70. The molecule has 1 heterocycles. The number of quaternary nitrogens is 1. The van der Waals surface area contributed by atoms with Gasteiger partial charge in [0.15, 0.2) is 0 Å². The summed E-state index contributed by atoms with van der Waals surface area (Å²) in [6, 6.07) is 16.7. The van der Waals surface area contributed by atoms with Gasteiger partial charge in [0, 0.05) is 12.2 Å². The van der Waals surface area contributed by atoms with Crippen molar-refractivity contribution in [2.75, 3.05) is 38.7 Å². The maximum atomic E-state index is 12.0. The normalized spacial score (nSPS) is 14.8. The molecular weight excluding hydrogens is 368 g/mol. The zero-order chi connectivity index (χ0) is 20.7. The molecule has 2 aromatic carbocycles. The van der Waals surface area contributed by atoms with E-state index in [2.05, 4.69) is 32.1 Å². The number of likely N-dealkylation sites (N-methyl/N-ethyl adjacent to an activating group) is 1. The molecule has 2 aromatic rings. The standard InChI is InChI=1S/C21H25N6O2/c1-4-26(14-15-29-20(28)17-8-6-5-7-9-17)19-12-10-18(11-13-19)23-24-21-22-16-27(2,3)25-21/h5-13,16H,4,14-15H2,1-3H3/q+1. The zero-order valence-corrected chi connectivity index (χ0v) is 16.9. The molecule has 0 bridgehead atoms. The van der Waals surface area contributed by atoms with Gasteiger partial charge in [0.2, 0.25) is 6.34 Å². The van der Waals surface area contributed by atoms with Crippen molar-refractivity contribution in [1.82, 2.24) is 0 Å². The fourth-order valence-electron chi connectivity index (χ4n) is 2.73. The van der Waals surface area contributed by atoms with Crippen molar-refractivity contribution in [3.63, 3.8) is 0 Å². The van der Waals surface area contributed by atoms with E-state index < -0.39 is 0 Å². The summed E-state index contributed by atoms with van der Waals surface area (Å²) >= 11 is 0. The third-order valence-electron chi connectivity index (χ3n) is 4.26. The van der Waals surface area contributed by atoms with Crippen molar-refractivity contribution >= 4 is 29.6 Å². The van der Waals surface area contributed by atoms with Crippen LogP contribution in [0.15, 0.2) is 74.9 Å². The SMILES string of the molecule is CCN(CCOC(=O)c1ccccc1)c1ccc(N=NC2=N[N+](C)(C)C=N2)cc1. The topological polar surface area (TPSA) is 79.0 Å². The summed E-state index contributed by atoms with van der Waals surface area (Å²) in [6.45, 7) is 3.77. The highest BCUT2D eigenvalue weighted by Gasteiger charge is 2.20. The zero-order valence-electron chi connectivity index (χ0n) is 16.9. The first kappa shape index (κ1) is 20.3. The lowest BCUT2D eigenvalue weighted by atomic mass is 10.2. The average Bonchev–Trinajstić information content (AvgIpc) is 3.09. The number of aliphatic imine (C=N–C) groups is 1. The van der Waals surface area contributed by atoms with Crippen LogP contribution in [0.2, 0.25) is 0 Å². The molecule has 150 valence electrons. The highest BCUT2D eigenvalue weighted by atomic mass is 16.5. The van der Waals surface area contributed by atoms with Crippen LogP contribution in [0.4, 0.5) is 11.4 Å². The fraction of sp³-hybridized carbons (Fsp3) is 0.286. The van der Waals surface area contributed by atoms with Gasteiger partial charge in [0.05, 0.1) is 31.9 Å². The van der Waals surface area contributed by atoms with Gasteiger partial charge in [0.25, 0.3) is 0 Å². The van der Waals surface area contributed by atoms with Gasteiger partial charge in [0.1, 0.15) is 6.61 Å². The molecule has 1 aliphatic heterocycles. The minimum Gasteiger partial charge on any atom is -0.460 e. The molecule has 1 aliphatic rings. The Hall–Kier alpha value is -3.39. The van der Waals surface area contributed by atoms with Crippen LogP contribution in [-0.2, 0) is 4.74 Å². The Morgan fingerprint density at radius 1 is 1.07 bits per heavy atom. The molecule has 0 saturated carbocycles. The molecule has 0 aromatic heterocycles. The Kier molecular flexibility index (Phi) is 6.46. The Morgan fingerprint density at radius 3 is 2.41 bits per heavy atom. The maximum Gasteiger partial charge on any atom is 0.338 e. The van der Waals surface area contributed by atoms with Crippen LogP contribution in [0.5, 0.6) is 0 Å². The number of ether oxygens (including phenoxy) is 1. The van der Waals surface area contributed by atoms with E-state index in [9.17, 15) is 4.79 Å². The minimum absolute atomic E-state index is 0.309. The number of hydrogen-bond acceptors (Lipinski definition) is 7. The highest BCUT2D eigenvalue weighted by Crippen LogP contribution is 2.20. The van der Waals surface area contributed by atoms with E-state index >= 15 is 0 Å². The third kappa shape index (κ3) is 5.79. The summed E-state index contributed by atoms with van der Waals surface area (Å²) in [5.41, 5.74) is 2.30. The van der Waals surface area contributed by atoms with Crippen molar-refractivity contribution in [1.29, 1.82) is 0 Å². The van der Waals surface area contributed by atoms with Crippen LogP contribution in [0.25, 0.3) is 0 Å². The van der Waals surface area contributed by atoms with Crippen LogP contribution in [0.3, 0.4) is 0 Å². The van der Waals surface area contributed by atoms with E-state index in [1.807, 2.05) is 56.6 Å². The van der Waals surface area contributed by atoms with Gasteiger partial charge >= 0.3 is 11.9 Å². The molecule has 29 heavy (non-hydrogen) atoms. The van der Waals surface area contributed by atoms with Gasteiger partial charge in [-0.05, 0) is 48.4 Å². The molecule has 0 N–H and O–H groups in total. The number of hydrogen-bond donors (Lipinski definition) is 0. The molecular formula is C21H25N6O2+. The van der Waals surface area contributed by atoms with Gasteiger partial charge < -0.3 is 9.64 Å². The summed E-state index contributed by atoms with van der Waals surface area (Å²) < 4.78 is 5.69. The molecule has 0 amide bonds. The van der Waals surface area contributed by atoms with E-state index in [1.54, 1.807) is 18.5 Å². The van der Waals surface area contributed by atoms with E-state index in [-0.39, 0.29) is 5.97 Å². The number of esters is 1. The molecule has 0 unspecified atom stereocenters. The molecule has 3 rings (SSSR count). The number of rotatable bonds is 7. The van der Waals surface area contributed by atoms with Crippen LogP contribution in [0.1, 0.15) is 17.3 Å². The van der Waals surface area contributed by atoms with Crippen molar-refractivity contribution in [2.45, 2.75) is 6.92 Å². The van der Waals surface area contributed by atoms with Gasteiger partial charge in [-0.25, -0.2) is 4.79 Å². The second-order valence-corrected chi connectivity index (χ2v) is 6.92. The molecule has 0 fully saturated rings. The van der Waals surface area contributed by atoms with Crippen molar-refractivity contribution in [3.05, 3.63) is 60.2 Å². The lowest BCUT2D eigenvalue weighted by Crippen LogP contribution is -2.28. The Bertz CT molecular complexity index is 920. The lowest BCUT2D eigenvalue weighted by molar-refractivity contribution is -0.796. The van der Waals surface area contributed by atoms with E-state index in [0.717, 1.165) is 17.9 Å². The van der Waals surface area contributed by atoms with Crippen molar-refractivity contribution < 1.29 is 14.1 Å². The number of nitrogens with zero attached hydrogens (tertiary/aromatic N) is 6. The van der Waals surface area contributed by atoms with Crippen LogP contribution in [0, 0.1) is 0 Å². The fourth-order valence-corrected chi connectivity index (χ4v) is 2.73. The molecule has 0 spiro atoms. The molecule has 0 aliphatic carbocycles. The minimum atomic E-state index is -0.309. The number of anilines is 1. The highest BCUT2D eigenvalue weighted by molar-refractivity contribution is 5.89. The smallest absolute Gasteiger partial charge is 0.338 e. The molecule has 0 radical (unpaired) electrons. The summed E-state index contributed by atoms with van der Waals surface area (Å²) in [4.78, 5) is 18.3. The second kappa shape index (κ2) is 9.20. The summed E-state index contributed by atoms with van der Waals surface area (Å²) in [7, 11) is 3.80. The van der Waals surface area contributed by atoms with E-state index in [4.69, 9.17) is 4.74 Å². The van der Waals surface area contributed by atoms with Gasteiger partial charge in [-0.1, -0.05) is 18.2 Å². The van der Waals surface area contributed by atoms with E-state index in [0.29, 0.717) is 29.3 Å². The van der Waals surface area contributed by atoms with Gasteiger partial charge in [-0.3, -0.25) is 0 Å². The monoisotopic (exact) mass is 393 g/mol. The Balaban J connectivity index is 1.53. The Labute approximate surface area is 170 Å². The van der Waals surface area contributed by atoms with Gasteiger partial charge in [-0.2, -0.15) is 9.58 Å². The quantitative estimate of drug-likeness (QED) is 0.407. The van der Waals surface area contributed by atoms with Crippen LogP contribution in [-0.4, -0.2) is 56.7 Å². The molecule has 0 atom stereocenters. The predicted octanol–water partition coefficient (Wildman–Crippen LogP) is 3.84. The van der Waals surface area contributed by atoms with E-state index in [1.165, 1.54) is 0 Å². The predicted molar refractivity (Wildman–Crippen MR) is 114 cm³/mol. The molecule has 0 saturated heterocycles.